The number of rotatable bonds is 5. The maximum atomic E-state index is 12.5. The number of carbonyl (C=O) groups is 1. The van der Waals surface area contributed by atoms with Gasteiger partial charge in [-0.05, 0) is 44.0 Å². The molecule has 146 valence electrons. The minimum Gasteiger partial charge on any atom is -0.504 e. The Bertz CT molecular complexity index is 945. The van der Waals surface area contributed by atoms with Gasteiger partial charge in [-0.3, -0.25) is 15.0 Å². The molecule has 1 saturated heterocycles. The van der Waals surface area contributed by atoms with Crippen LogP contribution in [-0.2, 0) is 6.54 Å². The van der Waals surface area contributed by atoms with Crippen LogP contribution in [0.4, 0.5) is 5.13 Å². The third-order valence-electron chi connectivity index (χ3n) is 4.96. The van der Waals surface area contributed by atoms with Crippen molar-refractivity contribution in [1.82, 2.24) is 19.7 Å². The largest absolute Gasteiger partial charge is 0.504 e. The van der Waals surface area contributed by atoms with Crippen molar-refractivity contribution in [1.29, 1.82) is 0 Å². The van der Waals surface area contributed by atoms with Gasteiger partial charge in [-0.1, -0.05) is 25.1 Å². The SMILES string of the molecule is CC1CCN(Cc2csc(NC(=O)c3nn(-c4ccccc4)cc3O)n2)CC1. The third kappa shape index (κ3) is 4.23. The lowest BCUT2D eigenvalue weighted by Gasteiger charge is -2.29. The van der Waals surface area contributed by atoms with E-state index in [0.717, 1.165) is 36.9 Å². The first kappa shape index (κ1) is 18.6. The van der Waals surface area contributed by atoms with Gasteiger partial charge in [-0.2, -0.15) is 5.10 Å². The maximum Gasteiger partial charge on any atom is 0.281 e. The van der Waals surface area contributed by atoms with E-state index in [2.05, 4.69) is 27.2 Å². The first-order valence-electron chi connectivity index (χ1n) is 9.40. The number of anilines is 1. The molecule has 0 atom stereocenters. The fraction of sp³-hybridized carbons (Fsp3) is 0.350. The highest BCUT2D eigenvalue weighted by atomic mass is 32.1. The summed E-state index contributed by atoms with van der Waals surface area (Å²) in [6.07, 6.45) is 3.86. The van der Waals surface area contributed by atoms with Gasteiger partial charge in [0.05, 0.1) is 17.6 Å². The number of para-hydroxylation sites is 1. The van der Waals surface area contributed by atoms with Gasteiger partial charge in [0.1, 0.15) is 0 Å². The van der Waals surface area contributed by atoms with E-state index in [1.807, 2.05) is 35.7 Å². The molecule has 4 rings (SSSR count). The molecule has 1 aliphatic heterocycles. The zero-order chi connectivity index (χ0) is 19.5. The average Bonchev–Trinajstić information content (AvgIpc) is 3.30. The Morgan fingerprint density at radius 2 is 2.04 bits per heavy atom. The molecule has 0 unspecified atom stereocenters. The van der Waals surface area contributed by atoms with Gasteiger partial charge in [-0.15, -0.1) is 11.3 Å². The Labute approximate surface area is 167 Å². The van der Waals surface area contributed by atoms with Crippen LogP contribution in [0.25, 0.3) is 5.69 Å². The van der Waals surface area contributed by atoms with Gasteiger partial charge in [0, 0.05) is 11.9 Å². The van der Waals surface area contributed by atoms with Crippen LogP contribution in [0.3, 0.4) is 0 Å². The van der Waals surface area contributed by atoms with Crippen LogP contribution in [0.1, 0.15) is 35.9 Å². The van der Waals surface area contributed by atoms with Gasteiger partial charge in [0.15, 0.2) is 16.6 Å². The Kier molecular flexibility index (Phi) is 5.40. The molecular formula is C20H23N5O2S. The zero-order valence-electron chi connectivity index (χ0n) is 15.7. The number of thiazole rings is 1. The lowest BCUT2D eigenvalue weighted by Crippen LogP contribution is -2.32. The monoisotopic (exact) mass is 397 g/mol. The standard InChI is InChI=1S/C20H23N5O2S/c1-14-7-9-24(10-8-14)11-15-13-28-20(21-15)22-19(27)18-17(26)12-25(23-18)16-5-3-2-4-6-16/h2-6,12-14,26H,7-11H2,1H3,(H,21,22,27). The Morgan fingerprint density at radius 1 is 1.29 bits per heavy atom. The Morgan fingerprint density at radius 3 is 2.79 bits per heavy atom. The number of aromatic hydroxyl groups is 1. The number of carbonyl (C=O) groups excluding carboxylic acids is 1. The molecule has 1 aliphatic rings. The van der Waals surface area contributed by atoms with Crippen molar-refractivity contribution in [3.63, 3.8) is 0 Å². The number of hydrogen-bond acceptors (Lipinski definition) is 6. The molecular weight excluding hydrogens is 374 g/mol. The number of piperidine rings is 1. The molecule has 0 spiro atoms. The predicted molar refractivity (Wildman–Crippen MR) is 109 cm³/mol. The van der Waals surface area contributed by atoms with E-state index in [0.29, 0.717) is 5.13 Å². The highest BCUT2D eigenvalue weighted by molar-refractivity contribution is 7.13. The van der Waals surface area contributed by atoms with E-state index in [1.54, 1.807) is 0 Å². The number of benzene rings is 1. The van der Waals surface area contributed by atoms with Crippen LogP contribution in [0.2, 0.25) is 0 Å². The average molecular weight is 398 g/mol. The first-order valence-corrected chi connectivity index (χ1v) is 10.3. The van der Waals surface area contributed by atoms with Crippen molar-refractivity contribution in [2.24, 2.45) is 5.92 Å². The lowest BCUT2D eigenvalue weighted by atomic mass is 9.99. The number of aromatic nitrogens is 3. The zero-order valence-corrected chi connectivity index (χ0v) is 16.5. The summed E-state index contributed by atoms with van der Waals surface area (Å²) in [5, 5.41) is 19.5. The summed E-state index contributed by atoms with van der Waals surface area (Å²) in [6, 6.07) is 9.33. The second-order valence-electron chi connectivity index (χ2n) is 7.20. The molecule has 2 aromatic heterocycles. The highest BCUT2D eigenvalue weighted by Gasteiger charge is 2.20. The fourth-order valence-corrected chi connectivity index (χ4v) is 3.98. The molecule has 2 N–H and O–H groups in total. The van der Waals surface area contributed by atoms with E-state index >= 15 is 0 Å². The van der Waals surface area contributed by atoms with Crippen molar-refractivity contribution in [3.8, 4) is 11.4 Å². The molecule has 3 aromatic rings. The number of nitrogens with zero attached hydrogens (tertiary/aromatic N) is 4. The molecule has 7 nitrogen and oxygen atoms in total. The fourth-order valence-electron chi connectivity index (χ4n) is 3.28. The minimum absolute atomic E-state index is 0.0226. The molecule has 3 heterocycles. The topological polar surface area (TPSA) is 83.3 Å². The maximum absolute atomic E-state index is 12.5. The molecule has 0 bridgehead atoms. The van der Waals surface area contributed by atoms with Gasteiger partial charge in [0.25, 0.3) is 5.91 Å². The van der Waals surface area contributed by atoms with Crippen LogP contribution in [0, 0.1) is 5.92 Å². The number of hydrogen-bond donors (Lipinski definition) is 2. The predicted octanol–water partition coefficient (Wildman–Crippen LogP) is 3.52. The summed E-state index contributed by atoms with van der Waals surface area (Å²) in [6.45, 7) is 5.27. The molecule has 1 fully saturated rings. The van der Waals surface area contributed by atoms with E-state index < -0.39 is 5.91 Å². The van der Waals surface area contributed by atoms with Crippen LogP contribution >= 0.6 is 11.3 Å². The quantitative estimate of drug-likeness (QED) is 0.688. The van der Waals surface area contributed by atoms with Crippen LogP contribution in [0.5, 0.6) is 5.75 Å². The van der Waals surface area contributed by atoms with Crippen molar-refractivity contribution in [2.75, 3.05) is 18.4 Å². The molecule has 0 saturated carbocycles. The molecule has 8 heteroatoms. The molecule has 0 radical (unpaired) electrons. The van der Waals surface area contributed by atoms with Gasteiger partial charge >= 0.3 is 0 Å². The van der Waals surface area contributed by atoms with Crippen LogP contribution < -0.4 is 5.32 Å². The molecule has 28 heavy (non-hydrogen) atoms. The van der Waals surface area contributed by atoms with Crippen LogP contribution in [-0.4, -0.2) is 43.8 Å². The second-order valence-corrected chi connectivity index (χ2v) is 8.06. The van der Waals surface area contributed by atoms with Crippen LogP contribution in [0.15, 0.2) is 41.9 Å². The van der Waals surface area contributed by atoms with Gasteiger partial charge in [0.2, 0.25) is 0 Å². The number of amides is 1. The van der Waals surface area contributed by atoms with E-state index in [-0.39, 0.29) is 11.4 Å². The van der Waals surface area contributed by atoms with E-state index in [1.165, 1.54) is 35.1 Å². The van der Waals surface area contributed by atoms with Crippen molar-refractivity contribution in [3.05, 3.63) is 53.3 Å². The second kappa shape index (κ2) is 8.12. The van der Waals surface area contributed by atoms with Gasteiger partial charge < -0.3 is 5.11 Å². The summed E-state index contributed by atoms with van der Waals surface area (Å²) in [5.74, 6) is 0.158. The number of likely N-dealkylation sites (tertiary alicyclic amines) is 1. The first-order chi connectivity index (χ1) is 13.6. The summed E-state index contributed by atoms with van der Waals surface area (Å²) >= 11 is 1.38. The van der Waals surface area contributed by atoms with E-state index in [4.69, 9.17) is 0 Å². The summed E-state index contributed by atoms with van der Waals surface area (Å²) in [5.41, 5.74) is 1.70. The third-order valence-corrected chi connectivity index (χ3v) is 5.77. The lowest BCUT2D eigenvalue weighted by molar-refractivity contribution is 0.101. The van der Waals surface area contributed by atoms with Gasteiger partial charge in [-0.25, -0.2) is 9.67 Å². The molecule has 0 aliphatic carbocycles. The van der Waals surface area contributed by atoms with E-state index in [9.17, 15) is 9.90 Å². The number of nitrogens with one attached hydrogen (secondary N) is 1. The smallest absolute Gasteiger partial charge is 0.281 e. The Balaban J connectivity index is 1.40. The summed E-state index contributed by atoms with van der Waals surface area (Å²) < 4.78 is 1.48. The van der Waals surface area contributed by atoms with Crippen molar-refractivity contribution in [2.45, 2.75) is 26.3 Å². The van der Waals surface area contributed by atoms with Crippen molar-refractivity contribution >= 4 is 22.4 Å². The normalized spacial score (nSPS) is 15.6. The molecule has 1 amide bonds. The Hall–Kier alpha value is -2.71. The summed E-state index contributed by atoms with van der Waals surface area (Å²) in [4.78, 5) is 19.4. The highest BCUT2D eigenvalue weighted by Crippen LogP contribution is 2.23. The minimum atomic E-state index is -0.472. The van der Waals surface area contributed by atoms with Crippen molar-refractivity contribution < 1.29 is 9.90 Å². The molecule has 1 aromatic carbocycles. The summed E-state index contributed by atoms with van der Waals surface area (Å²) in [7, 11) is 0.